The number of hydrogen-bond donors (Lipinski definition) is 1. The molecule has 0 saturated carbocycles. The monoisotopic (exact) mass is 302 g/mol. The molecule has 0 amide bonds. The van der Waals surface area contributed by atoms with Gasteiger partial charge in [0.15, 0.2) is 0 Å². The molecule has 2 unspecified atom stereocenters. The zero-order valence-corrected chi connectivity index (χ0v) is 15.0. The second-order valence-corrected chi connectivity index (χ2v) is 6.22. The molecule has 0 bridgehead atoms. The zero-order chi connectivity index (χ0) is 16.6. The molecule has 0 aromatic rings. The van der Waals surface area contributed by atoms with Gasteiger partial charge < -0.3 is 10.2 Å². The molecule has 1 aliphatic rings. The Morgan fingerprint density at radius 3 is 2.55 bits per heavy atom. The minimum absolute atomic E-state index is 0.216. The molecule has 1 aliphatic heterocycles. The predicted octanol–water partition coefficient (Wildman–Crippen LogP) is 4.68. The summed E-state index contributed by atoms with van der Waals surface area (Å²) in [5, 5.41) is 3.49. The van der Waals surface area contributed by atoms with Crippen LogP contribution in [0, 0.1) is 5.41 Å². The van der Waals surface area contributed by atoms with E-state index in [1.54, 1.807) is 0 Å². The fourth-order valence-electron chi connectivity index (χ4n) is 3.40. The van der Waals surface area contributed by atoms with Crippen molar-refractivity contribution in [2.75, 3.05) is 19.6 Å². The molecule has 0 radical (unpaired) electrons. The highest BCUT2D eigenvalue weighted by Crippen LogP contribution is 2.46. The molecule has 2 nitrogen and oxygen atoms in total. The molecule has 0 fully saturated rings. The van der Waals surface area contributed by atoms with Crippen LogP contribution < -0.4 is 5.32 Å². The molecule has 0 aromatic heterocycles. The molecule has 1 N–H and O–H groups in total. The van der Waals surface area contributed by atoms with Crippen molar-refractivity contribution in [1.82, 2.24) is 10.2 Å². The Morgan fingerprint density at radius 2 is 2.05 bits per heavy atom. The summed E-state index contributed by atoms with van der Waals surface area (Å²) < 4.78 is 0. The first-order chi connectivity index (χ1) is 10.6. The van der Waals surface area contributed by atoms with Crippen molar-refractivity contribution in [3.63, 3.8) is 0 Å². The molecule has 0 aliphatic carbocycles. The quantitative estimate of drug-likeness (QED) is 0.465. The van der Waals surface area contributed by atoms with Gasteiger partial charge in [-0.1, -0.05) is 52.2 Å². The number of allylic oxidation sites excluding steroid dienone is 4. The fourth-order valence-corrected chi connectivity index (χ4v) is 3.40. The summed E-state index contributed by atoms with van der Waals surface area (Å²) in [6.45, 7) is 20.2. The molecule has 22 heavy (non-hydrogen) atoms. The van der Waals surface area contributed by atoms with E-state index < -0.39 is 0 Å². The first kappa shape index (κ1) is 18.8. The predicted molar refractivity (Wildman–Crippen MR) is 98.9 cm³/mol. The lowest BCUT2D eigenvalue weighted by atomic mass is 9.76. The van der Waals surface area contributed by atoms with E-state index in [0.29, 0.717) is 6.04 Å². The zero-order valence-electron chi connectivity index (χ0n) is 15.0. The van der Waals surface area contributed by atoms with Crippen molar-refractivity contribution < 1.29 is 0 Å². The third-order valence-electron chi connectivity index (χ3n) is 5.05. The summed E-state index contributed by atoms with van der Waals surface area (Å²) in [4.78, 5) is 2.56. The molecule has 0 aromatic carbocycles. The van der Waals surface area contributed by atoms with Gasteiger partial charge in [0.25, 0.3) is 0 Å². The fraction of sp³-hybridized carbons (Fsp3) is 0.600. The summed E-state index contributed by atoms with van der Waals surface area (Å²) in [6.07, 6.45) is 11.7. The van der Waals surface area contributed by atoms with E-state index in [1.807, 2.05) is 12.2 Å². The third-order valence-corrected chi connectivity index (χ3v) is 5.05. The van der Waals surface area contributed by atoms with Gasteiger partial charge >= 0.3 is 0 Å². The lowest BCUT2D eigenvalue weighted by molar-refractivity contribution is 0.204. The molecule has 1 rings (SSSR count). The lowest BCUT2D eigenvalue weighted by Crippen LogP contribution is -2.36. The van der Waals surface area contributed by atoms with E-state index >= 15 is 0 Å². The van der Waals surface area contributed by atoms with E-state index in [0.717, 1.165) is 38.9 Å². The van der Waals surface area contributed by atoms with Gasteiger partial charge in [0, 0.05) is 23.7 Å². The molecule has 2 atom stereocenters. The first-order valence-corrected chi connectivity index (χ1v) is 8.73. The maximum atomic E-state index is 4.13. The van der Waals surface area contributed by atoms with E-state index in [9.17, 15) is 0 Å². The Hall–Kier alpha value is -1.28. The Balaban J connectivity index is 3.22. The highest BCUT2D eigenvalue weighted by molar-refractivity contribution is 5.42. The largest absolute Gasteiger partial charge is 0.368 e. The van der Waals surface area contributed by atoms with Crippen LogP contribution >= 0.6 is 0 Å². The molecular formula is C20H34N2. The van der Waals surface area contributed by atoms with Crippen molar-refractivity contribution in [2.45, 2.75) is 53.0 Å². The molecular weight excluding hydrogens is 268 g/mol. The van der Waals surface area contributed by atoms with Crippen LogP contribution in [0.1, 0.15) is 47.0 Å². The van der Waals surface area contributed by atoms with Gasteiger partial charge in [-0.15, -0.1) is 0 Å². The molecule has 0 spiro atoms. The van der Waals surface area contributed by atoms with E-state index in [1.165, 1.54) is 11.3 Å². The van der Waals surface area contributed by atoms with Crippen molar-refractivity contribution in [2.24, 2.45) is 5.41 Å². The Bertz CT molecular complexity index is 433. The van der Waals surface area contributed by atoms with Gasteiger partial charge in [0.05, 0.1) is 0 Å². The third kappa shape index (κ3) is 3.92. The van der Waals surface area contributed by atoms with Gasteiger partial charge in [0.2, 0.25) is 0 Å². The number of nitrogens with zero attached hydrogens (tertiary/aromatic N) is 1. The van der Waals surface area contributed by atoms with Crippen molar-refractivity contribution in [3.05, 3.63) is 48.7 Å². The molecule has 2 heteroatoms. The van der Waals surface area contributed by atoms with Crippen LogP contribution in [-0.4, -0.2) is 30.6 Å². The minimum atomic E-state index is 0.216. The van der Waals surface area contributed by atoms with Crippen molar-refractivity contribution in [3.8, 4) is 0 Å². The van der Waals surface area contributed by atoms with E-state index in [4.69, 9.17) is 0 Å². The summed E-state index contributed by atoms with van der Waals surface area (Å²) in [5.74, 6) is 0. The van der Waals surface area contributed by atoms with Gasteiger partial charge in [-0.2, -0.15) is 0 Å². The molecule has 0 saturated heterocycles. The second-order valence-electron chi connectivity index (χ2n) is 6.22. The van der Waals surface area contributed by atoms with Gasteiger partial charge in [-0.3, -0.25) is 0 Å². The minimum Gasteiger partial charge on any atom is -0.368 e. The highest BCUT2D eigenvalue weighted by Gasteiger charge is 2.41. The topological polar surface area (TPSA) is 15.3 Å². The number of hydrogen-bond acceptors (Lipinski definition) is 2. The maximum absolute atomic E-state index is 4.13. The summed E-state index contributed by atoms with van der Waals surface area (Å²) in [7, 11) is 0. The summed E-state index contributed by atoms with van der Waals surface area (Å²) in [5.41, 5.74) is 2.96. The Labute approximate surface area is 137 Å². The van der Waals surface area contributed by atoms with Crippen LogP contribution in [0.5, 0.6) is 0 Å². The normalized spacial score (nSPS) is 23.4. The van der Waals surface area contributed by atoms with Gasteiger partial charge in [-0.05, 0) is 50.9 Å². The Kier molecular flexibility index (Phi) is 7.67. The summed E-state index contributed by atoms with van der Waals surface area (Å²) >= 11 is 0. The standard InChI is InChI=1S/C20H34N2/c1-7-12-13-19-18(9-3)20(10-4,14-15-21-11-5)16-22(19)17(6)8-2/h7,9,12-13,17,21H,1,3,8,10-11,14-16H2,2,4-6H3/b13-12-. The van der Waals surface area contributed by atoms with Crippen LogP contribution in [0.3, 0.4) is 0 Å². The lowest BCUT2D eigenvalue weighted by Gasteiger charge is -2.34. The maximum Gasteiger partial charge on any atom is 0.0407 e. The second kappa shape index (κ2) is 8.99. The van der Waals surface area contributed by atoms with Crippen LogP contribution in [0.25, 0.3) is 0 Å². The number of rotatable bonds is 10. The molecule has 124 valence electrons. The van der Waals surface area contributed by atoms with Crippen LogP contribution in [0.15, 0.2) is 48.7 Å². The SMILES string of the molecule is C=C/C=C\C1=C(C=C)C(CC)(CCNCC)CN1C(C)CC. The Morgan fingerprint density at radius 1 is 1.32 bits per heavy atom. The number of nitrogens with one attached hydrogen (secondary N) is 1. The van der Waals surface area contributed by atoms with E-state index in [2.05, 4.69) is 63.2 Å². The van der Waals surface area contributed by atoms with Gasteiger partial charge in [0.1, 0.15) is 0 Å². The van der Waals surface area contributed by atoms with Crippen LogP contribution in [0.4, 0.5) is 0 Å². The first-order valence-electron chi connectivity index (χ1n) is 8.73. The van der Waals surface area contributed by atoms with Gasteiger partial charge in [-0.25, -0.2) is 0 Å². The van der Waals surface area contributed by atoms with Crippen molar-refractivity contribution in [1.29, 1.82) is 0 Å². The summed E-state index contributed by atoms with van der Waals surface area (Å²) in [6, 6.07) is 0.548. The smallest absolute Gasteiger partial charge is 0.0407 e. The van der Waals surface area contributed by atoms with Crippen LogP contribution in [0.2, 0.25) is 0 Å². The van der Waals surface area contributed by atoms with Crippen LogP contribution in [-0.2, 0) is 0 Å². The average Bonchev–Trinajstić information content (AvgIpc) is 2.86. The highest BCUT2D eigenvalue weighted by atomic mass is 15.2. The molecule has 1 heterocycles. The van der Waals surface area contributed by atoms with E-state index in [-0.39, 0.29) is 5.41 Å². The van der Waals surface area contributed by atoms with Crippen molar-refractivity contribution >= 4 is 0 Å². The average molecular weight is 303 g/mol.